The second kappa shape index (κ2) is 5.73. The van der Waals surface area contributed by atoms with Crippen LogP contribution in [0.5, 0.6) is 0 Å². The van der Waals surface area contributed by atoms with E-state index in [0.29, 0.717) is 12.2 Å². The first-order valence-corrected chi connectivity index (χ1v) is 8.56. The molecule has 108 valence electrons. The number of hydrogen-bond acceptors (Lipinski definition) is 4. The van der Waals surface area contributed by atoms with E-state index in [1.54, 1.807) is 6.07 Å². The van der Waals surface area contributed by atoms with Gasteiger partial charge in [-0.15, -0.1) is 11.3 Å². The Morgan fingerprint density at radius 1 is 1.35 bits per heavy atom. The standard InChI is InChI=1S/C13H15ClN2O2S2/c1-9-5-6-19-12(9)8-16(2)20(17,18)13-7-10(15)3-4-11(13)14/h3-7H,8,15H2,1-2H3. The molecule has 0 saturated carbocycles. The Balaban J connectivity index is 2.35. The fourth-order valence-electron chi connectivity index (χ4n) is 1.74. The lowest BCUT2D eigenvalue weighted by Crippen LogP contribution is -2.26. The van der Waals surface area contributed by atoms with Crippen molar-refractivity contribution in [3.63, 3.8) is 0 Å². The van der Waals surface area contributed by atoms with E-state index in [0.717, 1.165) is 10.4 Å². The van der Waals surface area contributed by atoms with Crippen LogP contribution in [0.15, 0.2) is 34.5 Å². The summed E-state index contributed by atoms with van der Waals surface area (Å²) in [6, 6.07) is 6.42. The van der Waals surface area contributed by atoms with Crippen LogP contribution < -0.4 is 5.73 Å². The summed E-state index contributed by atoms with van der Waals surface area (Å²) in [6.45, 7) is 2.27. The number of thiophene rings is 1. The van der Waals surface area contributed by atoms with Gasteiger partial charge in [-0.2, -0.15) is 4.31 Å². The fourth-order valence-corrected chi connectivity index (χ4v) is 4.42. The molecule has 7 heteroatoms. The minimum Gasteiger partial charge on any atom is -0.399 e. The van der Waals surface area contributed by atoms with Gasteiger partial charge in [-0.25, -0.2) is 8.42 Å². The van der Waals surface area contributed by atoms with Crippen LogP contribution >= 0.6 is 22.9 Å². The van der Waals surface area contributed by atoms with Gasteiger partial charge < -0.3 is 5.73 Å². The number of nitrogens with zero attached hydrogens (tertiary/aromatic N) is 1. The molecule has 0 aliphatic carbocycles. The normalized spacial score (nSPS) is 12.0. The molecule has 0 radical (unpaired) electrons. The molecular weight excluding hydrogens is 316 g/mol. The highest BCUT2D eigenvalue weighted by atomic mass is 35.5. The van der Waals surface area contributed by atoms with Crippen LogP contribution in [0, 0.1) is 6.92 Å². The van der Waals surface area contributed by atoms with Gasteiger partial charge in [0.05, 0.1) is 5.02 Å². The van der Waals surface area contributed by atoms with Crippen LogP contribution in [-0.4, -0.2) is 19.8 Å². The third kappa shape index (κ3) is 2.98. The van der Waals surface area contributed by atoms with E-state index in [9.17, 15) is 8.42 Å². The van der Waals surface area contributed by atoms with Crippen LogP contribution in [0.3, 0.4) is 0 Å². The Kier molecular flexibility index (Phi) is 4.39. The molecule has 2 N–H and O–H groups in total. The van der Waals surface area contributed by atoms with Gasteiger partial charge in [0.15, 0.2) is 0 Å². The monoisotopic (exact) mass is 330 g/mol. The topological polar surface area (TPSA) is 63.4 Å². The van der Waals surface area contributed by atoms with Crippen LogP contribution in [0.4, 0.5) is 5.69 Å². The Bertz CT molecular complexity index is 726. The number of halogens is 1. The van der Waals surface area contributed by atoms with E-state index in [1.165, 1.54) is 34.8 Å². The minimum atomic E-state index is -3.66. The largest absolute Gasteiger partial charge is 0.399 e. The molecule has 20 heavy (non-hydrogen) atoms. The quantitative estimate of drug-likeness (QED) is 0.876. The van der Waals surface area contributed by atoms with Crippen LogP contribution in [0.1, 0.15) is 10.4 Å². The molecule has 0 amide bonds. The molecule has 1 aromatic heterocycles. The van der Waals surface area contributed by atoms with E-state index in [4.69, 9.17) is 17.3 Å². The van der Waals surface area contributed by atoms with Crippen LogP contribution in [-0.2, 0) is 16.6 Å². The predicted molar refractivity (Wildman–Crippen MR) is 83.6 cm³/mol. The third-order valence-corrected chi connectivity index (χ3v) is 6.27. The first-order valence-electron chi connectivity index (χ1n) is 5.86. The highest BCUT2D eigenvalue weighted by Gasteiger charge is 2.24. The minimum absolute atomic E-state index is 0.0378. The second-order valence-corrected chi connectivity index (χ2v) is 7.90. The number of aryl methyl sites for hydroxylation is 1. The average molecular weight is 331 g/mol. The molecule has 0 aliphatic rings. The van der Waals surface area contributed by atoms with Crippen molar-refractivity contribution in [2.24, 2.45) is 0 Å². The first-order chi connectivity index (χ1) is 9.32. The van der Waals surface area contributed by atoms with Gasteiger partial charge >= 0.3 is 0 Å². The summed E-state index contributed by atoms with van der Waals surface area (Å²) in [7, 11) is -2.12. The summed E-state index contributed by atoms with van der Waals surface area (Å²) in [5, 5.41) is 2.12. The van der Waals surface area contributed by atoms with Gasteiger partial charge in [-0.3, -0.25) is 0 Å². The summed E-state index contributed by atoms with van der Waals surface area (Å²) >= 11 is 7.51. The number of hydrogen-bond donors (Lipinski definition) is 1. The van der Waals surface area contributed by atoms with E-state index in [-0.39, 0.29) is 9.92 Å². The Morgan fingerprint density at radius 3 is 2.65 bits per heavy atom. The Labute approximate surface area is 127 Å². The van der Waals surface area contributed by atoms with Crippen molar-refractivity contribution < 1.29 is 8.42 Å². The molecule has 2 rings (SSSR count). The Hall–Kier alpha value is -1.08. The molecule has 0 unspecified atom stereocenters. The highest BCUT2D eigenvalue weighted by Crippen LogP contribution is 2.28. The van der Waals surface area contributed by atoms with Crippen LogP contribution in [0.2, 0.25) is 5.02 Å². The maximum Gasteiger partial charge on any atom is 0.244 e. The van der Waals surface area contributed by atoms with Gasteiger partial charge in [-0.1, -0.05) is 11.6 Å². The van der Waals surface area contributed by atoms with Crippen molar-refractivity contribution in [3.8, 4) is 0 Å². The van der Waals surface area contributed by atoms with Gasteiger partial charge in [0.1, 0.15) is 4.90 Å². The zero-order chi connectivity index (χ0) is 14.9. The molecule has 0 saturated heterocycles. The third-order valence-electron chi connectivity index (χ3n) is 2.98. The number of nitrogen functional groups attached to an aromatic ring is 1. The summed E-state index contributed by atoms with van der Waals surface area (Å²) in [6.07, 6.45) is 0. The maximum absolute atomic E-state index is 12.5. The molecule has 0 aliphatic heterocycles. The molecular formula is C13H15ClN2O2S2. The number of rotatable bonds is 4. The predicted octanol–water partition coefficient (Wildman–Crippen LogP) is 3.11. The average Bonchev–Trinajstić information content (AvgIpc) is 2.78. The SMILES string of the molecule is Cc1ccsc1CN(C)S(=O)(=O)c1cc(N)ccc1Cl. The summed E-state index contributed by atoms with van der Waals surface area (Å²) in [5.74, 6) is 0. The lowest BCUT2D eigenvalue weighted by molar-refractivity contribution is 0.469. The van der Waals surface area contributed by atoms with Gasteiger partial charge in [0, 0.05) is 24.2 Å². The van der Waals surface area contributed by atoms with Gasteiger partial charge in [0.2, 0.25) is 10.0 Å². The van der Waals surface area contributed by atoms with Crippen molar-refractivity contribution in [1.82, 2.24) is 4.31 Å². The molecule has 0 atom stereocenters. The molecule has 1 aromatic carbocycles. The van der Waals surface area contributed by atoms with Crippen molar-refractivity contribution in [1.29, 1.82) is 0 Å². The summed E-state index contributed by atoms with van der Waals surface area (Å²) in [5.41, 5.74) is 7.09. The lowest BCUT2D eigenvalue weighted by atomic mass is 10.3. The van der Waals surface area contributed by atoms with Crippen molar-refractivity contribution in [2.75, 3.05) is 12.8 Å². The molecule has 0 bridgehead atoms. The number of anilines is 1. The lowest BCUT2D eigenvalue weighted by Gasteiger charge is -2.18. The second-order valence-electron chi connectivity index (χ2n) is 4.48. The van der Waals surface area contributed by atoms with Gasteiger partial charge in [-0.05, 0) is 42.1 Å². The molecule has 4 nitrogen and oxygen atoms in total. The maximum atomic E-state index is 12.5. The zero-order valence-corrected chi connectivity index (χ0v) is 13.5. The van der Waals surface area contributed by atoms with E-state index in [2.05, 4.69) is 0 Å². The molecule has 0 fully saturated rings. The molecule has 1 heterocycles. The van der Waals surface area contributed by atoms with Gasteiger partial charge in [0.25, 0.3) is 0 Å². The van der Waals surface area contributed by atoms with Crippen molar-refractivity contribution >= 4 is 38.6 Å². The molecule has 2 aromatic rings. The van der Waals surface area contributed by atoms with Crippen molar-refractivity contribution in [2.45, 2.75) is 18.4 Å². The first kappa shape index (κ1) is 15.3. The number of sulfonamides is 1. The van der Waals surface area contributed by atoms with Crippen molar-refractivity contribution in [3.05, 3.63) is 45.1 Å². The zero-order valence-electron chi connectivity index (χ0n) is 11.1. The van der Waals surface area contributed by atoms with E-state index < -0.39 is 10.0 Å². The Morgan fingerprint density at radius 2 is 2.05 bits per heavy atom. The number of benzene rings is 1. The van der Waals surface area contributed by atoms with E-state index >= 15 is 0 Å². The fraction of sp³-hybridized carbons (Fsp3) is 0.231. The summed E-state index contributed by atoms with van der Waals surface area (Å²) in [4.78, 5) is 1.05. The van der Waals surface area contributed by atoms with Crippen LogP contribution in [0.25, 0.3) is 0 Å². The number of nitrogens with two attached hydrogens (primary N) is 1. The van der Waals surface area contributed by atoms with E-state index in [1.807, 2.05) is 18.4 Å². The highest BCUT2D eigenvalue weighted by molar-refractivity contribution is 7.89. The smallest absolute Gasteiger partial charge is 0.244 e. The molecule has 0 spiro atoms. The summed E-state index contributed by atoms with van der Waals surface area (Å²) < 4.78 is 26.4.